The van der Waals surface area contributed by atoms with Gasteiger partial charge in [-0.15, -0.1) is 0 Å². The van der Waals surface area contributed by atoms with Gasteiger partial charge < -0.3 is 9.84 Å². The molecule has 4 aromatic rings. The van der Waals surface area contributed by atoms with Crippen LogP contribution in [0.4, 0.5) is 9.52 Å². The fourth-order valence-electron chi connectivity index (χ4n) is 4.18. The second-order valence-corrected chi connectivity index (χ2v) is 9.51. The van der Waals surface area contributed by atoms with Crippen molar-refractivity contribution < 1.29 is 23.8 Å². The van der Waals surface area contributed by atoms with Crippen molar-refractivity contribution >= 4 is 55.7 Å². The Kier molecular flexibility index (Phi) is 6.19. The van der Waals surface area contributed by atoms with E-state index in [2.05, 4.69) is 9.97 Å². The zero-order valence-electron chi connectivity index (χ0n) is 19.2. The minimum absolute atomic E-state index is 0.0850. The van der Waals surface area contributed by atoms with Crippen LogP contribution in [0.25, 0.3) is 16.0 Å². The highest BCUT2D eigenvalue weighted by molar-refractivity contribution is 7.22. The Balaban J connectivity index is 1.69. The number of anilines is 1. The first-order chi connectivity index (χ1) is 17.3. The topological polar surface area (TPSA) is 92.6 Å². The molecule has 0 spiro atoms. The number of ether oxygens (including phenoxy) is 1. The van der Waals surface area contributed by atoms with Gasteiger partial charge in [-0.2, -0.15) is 0 Å². The van der Waals surface area contributed by atoms with E-state index in [-0.39, 0.29) is 21.5 Å². The molecule has 2 aromatic heterocycles. The SMILES string of the molecule is CCOc1ccc(/C(O)=C2\C(=O)C(=O)N(c3nc4cc(Cl)c(F)cc4s3)C2c2ccncc2)cc1C. The van der Waals surface area contributed by atoms with Crippen LogP contribution in [-0.4, -0.2) is 33.4 Å². The lowest BCUT2D eigenvalue weighted by Gasteiger charge is -2.22. The molecule has 10 heteroatoms. The van der Waals surface area contributed by atoms with Crippen molar-refractivity contribution in [3.8, 4) is 5.75 Å². The number of aromatic nitrogens is 2. The smallest absolute Gasteiger partial charge is 0.301 e. The number of thiazole rings is 1. The molecule has 7 nitrogen and oxygen atoms in total. The van der Waals surface area contributed by atoms with Crippen molar-refractivity contribution in [1.82, 2.24) is 9.97 Å². The Hall–Kier alpha value is -3.82. The van der Waals surface area contributed by atoms with Gasteiger partial charge in [-0.3, -0.25) is 19.5 Å². The number of rotatable bonds is 5. The molecule has 1 amide bonds. The fourth-order valence-corrected chi connectivity index (χ4v) is 5.33. The van der Waals surface area contributed by atoms with E-state index in [1.165, 1.54) is 29.4 Å². The van der Waals surface area contributed by atoms with Gasteiger partial charge in [-0.1, -0.05) is 22.9 Å². The molecular formula is C26H19ClFN3O4S. The number of halogens is 2. The van der Waals surface area contributed by atoms with E-state index in [1.54, 1.807) is 30.3 Å². The van der Waals surface area contributed by atoms with Gasteiger partial charge in [0.05, 0.1) is 33.5 Å². The molecule has 1 aliphatic rings. The number of aliphatic hydroxyl groups is 1. The van der Waals surface area contributed by atoms with Crippen molar-refractivity contribution in [2.45, 2.75) is 19.9 Å². The molecule has 1 unspecified atom stereocenters. The average molecular weight is 524 g/mol. The Labute approximate surface area is 214 Å². The standard InChI is InChI=1S/C26H19ClFN3O4S/c1-3-35-19-5-4-15(10-13(19)2)23(32)21-22(14-6-8-29-9-7-14)31(25(34)24(21)33)26-30-18-11-16(27)17(28)12-20(18)36-26/h4-12,22,32H,3H2,1-2H3/b23-21+. The van der Waals surface area contributed by atoms with E-state index in [4.69, 9.17) is 16.3 Å². The Bertz CT molecular complexity index is 1510. The molecule has 0 radical (unpaired) electrons. The maximum Gasteiger partial charge on any atom is 0.301 e. The molecule has 2 aromatic carbocycles. The summed E-state index contributed by atoms with van der Waals surface area (Å²) in [6, 6.07) is 9.98. The lowest BCUT2D eigenvalue weighted by Crippen LogP contribution is -2.29. The second-order valence-electron chi connectivity index (χ2n) is 8.09. The summed E-state index contributed by atoms with van der Waals surface area (Å²) < 4.78 is 20.1. The Morgan fingerprint density at radius 2 is 1.94 bits per heavy atom. The first-order valence-corrected chi connectivity index (χ1v) is 12.2. The summed E-state index contributed by atoms with van der Waals surface area (Å²) >= 11 is 6.96. The van der Waals surface area contributed by atoms with E-state index in [0.717, 1.165) is 16.9 Å². The van der Waals surface area contributed by atoms with Crippen LogP contribution in [0.2, 0.25) is 5.02 Å². The predicted molar refractivity (Wildman–Crippen MR) is 136 cm³/mol. The van der Waals surface area contributed by atoms with Crippen molar-refractivity contribution in [2.75, 3.05) is 11.5 Å². The predicted octanol–water partition coefficient (Wildman–Crippen LogP) is 5.82. The lowest BCUT2D eigenvalue weighted by atomic mass is 9.95. The molecule has 1 saturated heterocycles. The number of carbonyl (C=O) groups is 2. The second kappa shape index (κ2) is 9.33. The molecule has 1 fully saturated rings. The van der Waals surface area contributed by atoms with Gasteiger partial charge >= 0.3 is 5.91 Å². The fraction of sp³-hybridized carbons (Fsp3) is 0.154. The molecule has 3 heterocycles. The summed E-state index contributed by atoms with van der Waals surface area (Å²) in [6.45, 7) is 4.18. The number of benzene rings is 2. The monoisotopic (exact) mass is 523 g/mol. The first-order valence-electron chi connectivity index (χ1n) is 11.0. The van der Waals surface area contributed by atoms with Crippen LogP contribution >= 0.6 is 22.9 Å². The van der Waals surface area contributed by atoms with Crippen LogP contribution < -0.4 is 9.64 Å². The molecule has 0 saturated carbocycles. The number of carbonyl (C=O) groups excluding carboxylic acids is 2. The third kappa shape index (κ3) is 4.00. The molecule has 1 N–H and O–H groups in total. The minimum atomic E-state index is -0.972. The summed E-state index contributed by atoms with van der Waals surface area (Å²) in [4.78, 5) is 36.3. The number of hydrogen-bond donors (Lipinski definition) is 1. The zero-order chi connectivity index (χ0) is 25.6. The van der Waals surface area contributed by atoms with Crippen LogP contribution in [0.5, 0.6) is 5.75 Å². The highest BCUT2D eigenvalue weighted by Gasteiger charge is 2.48. The lowest BCUT2D eigenvalue weighted by molar-refractivity contribution is -0.132. The summed E-state index contributed by atoms with van der Waals surface area (Å²) in [7, 11) is 0. The molecule has 5 rings (SSSR count). The van der Waals surface area contributed by atoms with Crippen molar-refractivity contribution in [3.63, 3.8) is 0 Å². The first kappa shape index (κ1) is 23.9. The number of ketones is 1. The summed E-state index contributed by atoms with van der Waals surface area (Å²) in [5, 5.41) is 11.4. The Morgan fingerprint density at radius 3 is 2.64 bits per heavy atom. The number of fused-ring (bicyclic) bond motifs is 1. The number of hydrogen-bond acceptors (Lipinski definition) is 7. The van der Waals surface area contributed by atoms with Crippen LogP contribution in [0.3, 0.4) is 0 Å². The van der Waals surface area contributed by atoms with Gasteiger partial charge in [0.2, 0.25) is 0 Å². The number of aryl methyl sites for hydroxylation is 1. The van der Waals surface area contributed by atoms with Gasteiger partial charge in [-0.05, 0) is 67.4 Å². The van der Waals surface area contributed by atoms with E-state index in [9.17, 15) is 19.1 Å². The highest BCUT2D eigenvalue weighted by Crippen LogP contribution is 2.44. The normalized spacial score (nSPS) is 17.2. The van der Waals surface area contributed by atoms with E-state index < -0.39 is 23.5 Å². The van der Waals surface area contributed by atoms with Gasteiger partial charge in [0.1, 0.15) is 17.3 Å². The van der Waals surface area contributed by atoms with Crippen LogP contribution in [0.15, 0.2) is 60.4 Å². The zero-order valence-corrected chi connectivity index (χ0v) is 20.7. The number of aliphatic hydroxyl groups excluding tert-OH is 1. The molecule has 1 atom stereocenters. The van der Waals surface area contributed by atoms with Gasteiger partial charge in [0, 0.05) is 18.0 Å². The third-order valence-electron chi connectivity index (χ3n) is 5.84. The molecule has 1 aliphatic heterocycles. The highest BCUT2D eigenvalue weighted by atomic mass is 35.5. The van der Waals surface area contributed by atoms with E-state index >= 15 is 0 Å². The largest absolute Gasteiger partial charge is 0.507 e. The summed E-state index contributed by atoms with van der Waals surface area (Å²) in [5.41, 5.74) is 1.99. The maximum atomic E-state index is 14.0. The van der Waals surface area contributed by atoms with Gasteiger partial charge in [0.15, 0.2) is 5.13 Å². The van der Waals surface area contributed by atoms with Crippen molar-refractivity contribution in [2.24, 2.45) is 0 Å². The molecule has 0 aliphatic carbocycles. The summed E-state index contributed by atoms with van der Waals surface area (Å²) in [5.74, 6) is -1.99. The van der Waals surface area contributed by atoms with E-state index in [1.807, 2.05) is 13.8 Å². The summed E-state index contributed by atoms with van der Waals surface area (Å²) in [6.07, 6.45) is 3.06. The minimum Gasteiger partial charge on any atom is -0.507 e. The number of pyridine rings is 1. The number of amides is 1. The third-order valence-corrected chi connectivity index (χ3v) is 7.15. The van der Waals surface area contributed by atoms with Crippen molar-refractivity contribution in [3.05, 3.63) is 88.0 Å². The molecule has 182 valence electrons. The molecule has 0 bridgehead atoms. The average Bonchev–Trinajstić information content (AvgIpc) is 3.38. The van der Waals surface area contributed by atoms with Crippen LogP contribution in [0.1, 0.15) is 29.7 Å². The Morgan fingerprint density at radius 1 is 1.19 bits per heavy atom. The number of nitrogens with zero attached hydrogens (tertiary/aromatic N) is 3. The van der Waals surface area contributed by atoms with Gasteiger partial charge in [0.25, 0.3) is 5.78 Å². The van der Waals surface area contributed by atoms with Crippen molar-refractivity contribution in [1.29, 1.82) is 0 Å². The molecule has 36 heavy (non-hydrogen) atoms. The van der Waals surface area contributed by atoms with Crippen LogP contribution in [0, 0.1) is 12.7 Å². The maximum absolute atomic E-state index is 14.0. The number of Topliss-reactive ketones (excluding diaryl/α,β-unsaturated/α-hetero) is 1. The van der Waals surface area contributed by atoms with Gasteiger partial charge in [-0.25, -0.2) is 9.37 Å². The van der Waals surface area contributed by atoms with Crippen LogP contribution in [-0.2, 0) is 9.59 Å². The quantitative estimate of drug-likeness (QED) is 0.201. The molecular weight excluding hydrogens is 505 g/mol. The van der Waals surface area contributed by atoms with E-state index in [0.29, 0.717) is 33.7 Å².